The lowest BCUT2D eigenvalue weighted by atomic mass is 9.88. The van der Waals surface area contributed by atoms with Crippen LogP contribution in [0.4, 0.5) is 0 Å². The molecule has 0 aliphatic carbocycles. The smallest absolute Gasteiger partial charge is 0.0656 e. The van der Waals surface area contributed by atoms with Crippen LogP contribution in [0.15, 0.2) is 0 Å². The summed E-state index contributed by atoms with van der Waals surface area (Å²) in [6.45, 7) is 3.98. The summed E-state index contributed by atoms with van der Waals surface area (Å²) in [5.74, 6) is 0.187. The Kier molecular flexibility index (Phi) is 6.31. The first-order valence-corrected chi connectivity index (χ1v) is 5.41. The van der Waals surface area contributed by atoms with E-state index in [0.717, 1.165) is 6.42 Å². The van der Waals surface area contributed by atoms with Crippen molar-refractivity contribution in [2.24, 2.45) is 17.6 Å². The Balaban J connectivity index is 4.28. The van der Waals surface area contributed by atoms with Gasteiger partial charge >= 0.3 is 0 Å². The molecule has 4 unspecified atom stereocenters. The molecule has 13 heavy (non-hydrogen) atoms. The SMILES string of the molecule is CNC(N)C(CC(C)Br)C(C)C#N. The number of rotatable bonds is 5. The van der Waals surface area contributed by atoms with Gasteiger partial charge < -0.3 is 11.1 Å². The van der Waals surface area contributed by atoms with E-state index in [-0.39, 0.29) is 18.0 Å². The molecule has 4 atom stereocenters. The van der Waals surface area contributed by atoms with Crippen LogP contribution < -0.4 is 11.1 Å². The largest absolute Gasteiger partial charge is 0.316 e. The molecule has 0 aromatic carbocycles. The first-order chi connectivity index (χ1) is 6.02. The van der Waals surface area contributed by atoms with Gasteiger partial charge in [-0.3, -0.25) is 0 Å². The van der Waals surface area contributed by atoms with Crippen LogP contribution in [0.5, 0.6) is 0 Å². The number of nitrogens with zero attached hydrogens (tertiary/aromatic N) is 1. The summed E-state index contributed by atoms with van der Waals surface area (Å²) in [5, 5.41) is 11.8. The van der Waals surface area contributed by atoms with Crippen molar-refractivity contribution < 1.29 is 0 Å². The molecule has 0 aromatic heterocycles. The van der Waals surface area contributed by atoms with Gasteiger partial charge in [-0.05, 0) is 20.4 Å². The molecule has 0 rings (SSSR count). The molecular formula is C9H18BrN3. The Morgan fingerprint density at radius 2 is 2.08 bits per heavy atom. The Morgan fingerprint density at radius 1 is 1.54 bits per heavy atom. The maximum Gasteiger partial charge on any atom is 0.0656 e. The maximum atomic E-state index is 8.81. The van der Waals surface area contributed by atoms with Gasteiger partial charge in [0.05, 0.1) is 12.2 Å². The standard InChI is InChI=1S/C9H18BrN3/c1-6(5-11)8(4-7(2)10)9(12)13-3/h6-9,13H,4,12H2,1-3H3. The summed E-state index contributed by atoms with van der Waals surface area (Å²) in [6.07, 6.45) is 0.811. The number of nitrogens with two attached hydrogens (primary N) is 1. The van der Waals surface area contributed by atoms with E-state index >= 15 is 0 Å². The molecule has 0 fully saturated rings. The predicted molar refractivity (Wildman–Crippen MR) is 58.3 cm³/mol. The molecule has 3 N–H and O–H groups in total. The fourth-order valence-corrected chi connectivity index (χ4v) is 1.78. The van der Waals surface area contributed by atoms with Crippen LogP contribution >= 0.6 is 15.9 Å². The molecular weight excluding hydrogens is 230 g/mol. The van der Waals surface area contributed by atoms with E-state index in [2.05, 4.69) is 34.2 Å². The van der Waals surface area contributed by atoms with Crippen LogP contribution in [0.1, 0.15) is 20.3 Å². The highest BCUT2D eigenvalue weighted by atomic mass is 79.9. The van der Waals surface area contributed by atoms with E-state index < -0.39 is 0 Å². The molecule has 4 heteroatoms. The minimum Gasteiger partial charge on any atom is -0.316 e. The van der Waals surface area contributed by atoms with E-state index in [4.69, 9.17) is 11.0 Å². The Bertz CT molecular complexity index is 176. The normalized spacial score (nSPS) is 20.0. The maximum absolute atomic E-state index is 8.81. The molecule has 0 aliphatic rings. The summed E-state index contributed by atoms with van der Waals surface area (Å²) in [7, 11) is 1.82. The highest BCUT2D eigenvalue weighted by Crippen LogP contribution is 2.22. The minimum absolute atomic E-state index is 0.0116. The van der Waals surface area contributed by atoms with Crippen molar-refractivity contribution in [2.45, 2.75) is 31.3 Å². The number of nitriles is 1. The molecule has 0 aromatic rings. The second-order valence-corrected chi connectivity index (χ2v) is 4.98. The Hall–Kier alpha value is -0.110. The van der Waals surface area contributed by atoms with Gasteiger partial charge in [0.25, 0.3) is 0 Å². The average Bonchev–Trinajstić information content (AvgIpc) is 2.11. The van der Waals surface area contributed by atoms with Crippen LogP contribution in [0, 0.1) is 23.2 Å². The van der Waals surface area contributed by atoms with Crippen LogP contribution in [-0.2, 0) is 0 Å². The highest BCUT2D eigenvalue weighted by molar-refractivity contribution is 9.09. The van der Waals surface area contributed by atoms with E-state index in [1.807, 2.05) is 14.0 Å². The monoisotopic (exact) mass is 247 g/mol. The van der Waals surface area contributed by atoms with Gasteiger partial charge in [0.2, 0.25) is 0 Å². The van der Waals surface area contributed by atoms with Gasteiger partial charge in [-0.15, -0.1) is 0 Å². The molecule has 0 spiro atoms. The number of hydrogen-bond acceptors (Lipinski definition) is 3. The third-order valence-corrected chi connectivity index (χ3v) is 2.61. The van der Waals surface area contributed by atoms with Crippen molar-refractivity contribution in [1.82, 2.24) is 5.32 Å². The van der Waals surface area contributed by atoms with Crippen LogP contribution in [0.25, 0.3) is 0 Å². The Morgan fingerprint density at radius 3 is 2.38 bits per heavy atom. The zero-order valence-corrected chi connectivity index (χ0v) is 10.0. The van der Waals surface area contributed by atoms with Crippen LogP contribution in [0.3, 0.4) is 0 Å². The van der Waals surface area contributed by atoms with Gasteiger partial charge in [-0.2, -0.15) is 5.26 Å². The predicted octanol–water partition coefficient (Wildman–Crippen LogP) is 1.44. The van der Waals surface area contributed by atoms with Crippen molar-refractivity contribution in [2.75, 3.05) is 7.05 Å². The van der Waals surface area contributed by atoms with Gasteiger partial charge in [0.15, 0.2) is 0 Å². The fourth-order valence-electron chi connectivity index (χ4n) is 1.35. The lowest BCUT2D eigenvalue weighted by Crippen LogP contribution is -2.44. The van der Waals surface area contributed by atoms with Gasteiger partial charge in [-0.1, -0.05) is 22.9 Å². The second-order valence-electron chi connectivity index (χ2n) is 3.41. The van der Waals surface area contributed by atoms with Crippen molar-refractivity contribution in [3.8, 4) is 6.07 Å². The molecule has 3 nitrogen and oxygen atoms in total. The lowest BCUT2D eigenvalue weighted by Gasteiger charge is -2.26. The van der Waals surface area contributed by atoms with E-state index in [1.54, 1.807) is 0 Å². The van der Waals surface area contributed by atoms with E-state index in [1.165, 1.54) is 0 Å². The molecule has 0 amide bonds. The Labute approximate surface area is 88.8 Å². The van der Waals surface area contributed by atoms with Gasteiger partial charge in [-0.25, -0.2) is 0 Å². The van der Waals surface area contributed by atoms with Crippen molar-refractivity contribution in [3.63, 3.8) is 0 Å². The van der Waals surface area contributed by atoms with Crippen LogP contribution in [-0.4, -0.2) is 18.0 Å². The molecule has 76 valence electrons. The summed E-state index contributed by atoms with van der Waals surface area (Å²) < 4.78 is 0. The third kappa shape index (κ3) is 4.61. The van der Waals surface area contributed by atoms with E-state index in [9.17, 15) is 0 Å². The molecule has 0 radical (unpaired) electrons. The fraction of sp³-hybridized carbons (Fsp3) is 0.889. The molecule has 0 aliphatic heterocycles. The second kappa shape index (κ2) is 6.36. The lowest BCUT2D eigenvalue weighted by molar-refractivity contribution is 0.302. The summed E-state index contributed by atoms with van der Waals surface area (Å²) in [5.41, 5.74) is 5.86. The van der Waals surface area contributed by atoms with E-state index in [0.29, 0.717) is 4.83 Å². The highest BCUT2D eigenvalue weighted by Gasteiger charge is 2.24. The third-order valence-electron chi connectivity index (χ3n) is 2.24. The van der Waals surface area contributed by atoms with Crippen molar-refractivity contribution in [3.05, 3.63) is 0 Å². The first kappa shape index (κ1) is 12.9. The summed E-state index contributed by atoms with van der Waals surface area (Å²) in [4.78, 5) is 0.396. The topological polar surface area (TPSA) is 61.8 Å². The number of halogens is 1. The molecule has 0 saturated carbocycles. The molecule has 0 saturated heterocycles. The quantitative estimate of drug-likeness (QED) is 0.571. The molecule has 0 heterocycles. The molecule has 0 bridgehead atoms. The van der Waals surface area contributed by atoms with Gasteiger partial charge in [0, 0.05) is 16.7 Å². The van der Waals surface area contributed by atoms with Crippen molar-refractivity contribution >= 4 is 15.9 Å². The minimum atomic E-state index is -0.102. The number of nitrogens with one attached hydrogen (secondary N) is 1. The van der Waals surface area contributed by atoms with Crippen LogP contribution in [0.2, 0.25) is 0 Å². The zero-order valence-electron chi connectivity index (χ0n) is 8.42. The van der Waals surface area contributed by atoms with Crippen molar-refractivity contribution in [1.29, 1.82) is 5.26 Å². The summed E-state index contributed by atoms with van der Waals surface area (Å²) >= 11 is 3.48. The number of alkyl halides is 1. The number of hydrogen-bond donors (Lipinski definition) is 2. The average molecular weight is 248 g/mol. The summed E-state index contributed by atoms with van der Waals surface area (Å²) in [6, 6.07) is 2.24. The first-order valence-electron chi connectivity index (χ1n) is 4.49. The zero-order chi connectivity index (χ0) is 10.4. The van der Waals surface area contributed by atoms with Gasteiger partial charge in [0.1, 0.15) is 0 Å².